The van der Waals surface area contributed by atoms with Crippen molar-refractivity contribution in [3.63, 3.8) is 0 Å². The van der Waals surface area contributed by atoms with E-state index in [-0.39, 0.29) is 11.2 Å². The minimum absolute atomic E-state index is 0.259. The molecular weight excluding hydrogens is 170 g/mol. The number of aromatic amines is 1. The van der Waals surface area contributed by atoms with E-state index in [1.165, 1.54) is 4.57 Å². The van der Waals surface area contributed by atoms with E-state index in [0.717, 1.165) is 19.4 Å². The standard InChI is InChI=1S/C8H11N3O2/c1-11-6-5(3-2-4-9-6)7(12)10-8(11)13/h9H,2-4H2,1H3,(H,10,12,13). The van der Waals surface area contributed by atoms with Crippen LogP contribution in [0.15, 0.2) is 9.59 Å². The van der Waals surface area contributed by atoms with E-state index in [1.807, 2.05) is 0 Å². The highest BCUT2D eigenvalue weighted by Crippen LogP contribution is 2.14. The van der Waals surface area contributed by atoms with Gasteiger partial charge in [-0.15, -0.1) is 0 Å². The molecule has 13 heavy (non-hydrogen) atoms. The van der Waals surface area contributed by atoms with Gasteiger partial charge in [0.05, 0.1) is 5.56 Å². The second-order valence-electron chi connectivity index (χ2n) is 3.18. The van der Waals surface area contributed by atoms with Gasteiger partial charge in [0.15, 0.2) is 0 Å². The van der Waals surface area contributed by atoms with Crippen LogP contribution >= 0.6 is 0 Å². The van der Waals surface area contributed by atoms with Gasteiger partial charge in [-0.2, -0.15) is 0 Å². The molecule has 5 nitrogen and oxygen atoms in total. The van der Waals surface area contributed by atoms with Crippen molar-refractivity contribution in [1.29, 1.82) is 0 Å². The highest BCUT2D eigenvalue weighted by molar-refractivity contribution is 5.45. The van der Waals surface area contributed by atoms with Crippen LogP contribution in [0.2, 0.25) is 0 Å². The lowest BCUT2D eigenvalue weighted by atomic mass is 10.1. The molecule has 0 amide bonds. The van der Waals surface area contributed by atoms with Gasteiger partial charge in [0.2, 0.25) is 0 Å². The molecule has 0 radical (unpaired) electrons. The minimum Gasteiger partial charge on any atom is -0.371 e. The monoisotopic (exact) mass is 181 g/mol. The van der Waals surface area contributed by atoms with Crippen molar-refractivity contribution < 1.29 is 0 Å². The number of nitrogens with one attached hydrogen (secondary N) is 2. The third-order valence-corrected chi connectivity index (χ3v) is 2.32. The van der Waals surface area contributed by atoms with Gasteiger partial charge >= 0.3 is 5.69 Å². The smallest absolute Gasteiger partial charge is 0.329 e. The van der Waals surface area contributed by atoms with E-state index in [4.69, 9.17) is 0 Å². The fourth-order valence-electron chi connectivity index (χ4n) is 1.60. The first kappa shape index (κ1) is 8.10. The number of aromatic nitrogens is 2. The van der Waals surface area contributed by atoms with Crippen LogP contribution in [0.1, 0.15) is 12.0 Å². The number of hydrogen-bond donors (Lipinski definition) is 2. The number of fused-ring (bicyclic) bond motifs is 1. The Kier molecular flexibility index (Phi) is 1.72. The Bertz CT molecular complexity index is 444. The summed E-state index contributed by atoms with van der Waals surface area (Å²) >= 11 is 0. The van der Waals surface area contributed by atoms with Crippen LogP contribution in [0.4, 0.5) is 5.82 Å². The Morgan fingerprint density at radius 3 is 2.92 bits per heavy atom. The Morgan fingerprint density at radius 2 is 2.15 bits per heavy atom. The molecule has 1 aliphatic rings. The van der Waals surface area contributed by atoms with Crippen molar-refractivity contribution in [3.05, 3.63) is 26.4 Å². The molecule has 2 rings (SSSR count). The number of anilines is 1. The summed E-state index contributed by atoms with van der Waals surface area (Å²) in [6.07, 6.45) is 1.68. The predicted octanol–water partition coefficient (Wildman–Crippen LogP) is -0.568. The number of H-pyrrole nitrogens is 1. The van der Waals surface area contributed by atoms with Gasteiger partial charge in [0.25, 0.3) is 5.56 Å². The summed E-state index contributed by atoms with van der Waals surface area (Å²) in [5, 5.41) is 3.06. The second-order valence-corrected chi connectivity index (χ2v) is 3.18. The lowest BCUT2D eigenvalue weighted by Crippen LogP contribution is -2.35. The quantitative estimate of drug-likeness (QED) is 0.563. The maximum Gasteiger partial charge on any atom is 0.329 e. The van der Waals surface area contributed by atoms with Crippen molar-refractivity contribution >= 4 is 5.82 Å². The van der Waals surface area contributed by atoms with Crippen LogP contribution in [-0.2, 0) is 13.5 Å². The van der Waals surface area contributed by atoms with E-state index >= 15 is 0 Å². The lowest BCUT2D eigenvalue weighted by Gasteiger charge is -2.18. The maximum absolute atomic E-state index is 11.3. The fourth-order valence-corrected chi connectivity index (χ4v) is 1.60. The van der Waals surface area contributed by atoms with Crippen LogP contribution in [-0.4, -0.2) is 16.1 Å². The molecule has 0 fully saturated rings. The van der Waals surface area contributed by atoms with Crippen molar-refractivity contribution in [2.45, 2.75) is 12.8 Å². The van der Waals surface area contributed by atoms with E-state index in [0.29, 0.717) is 11.4 Å². The molecule has 5 heteroatoms. The SMILES string of the molecule is Cn1c2c(c(=O)[nH]c1=O)CCCN2. The highest BCUT2D eigenvalue weighted by atomic mass is 16.2. The molecule has 2 N–H and O–H groups in total. The number of hydrogen-bond acceptors (Lipinski definition) is 3. The van der Waals surface area contributed by atoms with Crippen LogP contribution < -0.4 is 16.6 Å². The third kappa shape index (κ3) is 1.16. The Balaban J connectivity index is 2.77. The molecular formula is C8H11N3O2. The van der Waals surface area contributed by atoms with Crippen molar-refractivity contribution in [2.24, 2.45) is 7.05 Å². The van der Waals surface area contributed by atoms with E-state index in [1.54, 1.807) is 7.05 Å². The van der Waals surface area contributed by atoms with Gasteiger partial charge in [-0.25, -0.2) is 4.79 Å². The van der Waals surface area contributed by atoms with E-state index < -0.39 is 0 Å². The number of nitrogens with zero attached hydrogens (tertiary/aromatic N) is 1. The first-order valence-corrected chi connectivity index (χ1v) is 4.26. The van der Waals surface area contributed by atoms with Gasteiger partial charge < -0.3 is 5.32 Å². The summed E-state index contributed by atoms with van der Waals surface area (Å²) < 4.78 is 1.44. The first-order valence-electron chi connectivity index (χ1n) is 4.26. The zero-order chi connectivity index (χ0) is 9.42. The molecule has 1 aromatic heterocycles. The second kappa shape index (κ2) is 2.76. The average Bonchev–Trinajstić information content (AvgIpc) is 2.15. The molecule has 0 saturated heterocycles. The molecule has 0 saturated carbocycles. The molecule has 0 aliphatic carbocycles. The van der Waals surface area contributed by atoms with Crippen LogP contribution in [0, 0.1) is 0 Å². The predicted molar refractivity (Wildman–Crippen MR) is 49.1 cm³/mol. The van der Waals surface area contributed by atoms with Gasteiger partial charge in [-0.05, 0) is 12.8 Å². The summed E-state index contributed by atoms with van der Waals surface area (Å²) in [5.41, 5.74) is 0.0665. The molecule has 1 aliphatic heterocycles. The zero-order valence-electron chi connectivity index (χ0n) is 7.39. The Hall–Kier alpha value is -1.52. The summed E-state index contributed by atoms with van der Waals surface area (Å²) in [5.74, 6) is 0.667. The average molecular weight is 181 g/mol. The normalized spacial score (nSPS) is 14.8. The molecule has 0 atom stereocenters. The zero-order valence-corrected chi connectivity index (χ0v) is 7.39. The van der Waals surface area contributed by atoms with Gasteiger partial charge in [0, 0.05) is 13.6 Å². The van der Waals surface area contributed by atoms with E-state index in [2.05, 4.69) is 10.3 Å². The molecule has 0 bridgehead atoms. The Morgan fingerprint density at radius 1 is 1.38 bits per heavy atom. The largest absolute Gasteiger partial charge is 0.371 e. The molecule has 2 heterocycles. The molecule has 0 unspecified atom stereocenters. The van der Waals surface area contributed by atoms with Crippen LogP contribution in [0.3, 0.4) is 0 Å². The fraction of sp³-hybridized carbons (Fsp3) is 0.500. The van der Waals surface area contributed by atoms with Crippen LogP contribution in [0.25, 0.3) is 0 Å². The lowest BCUT2D eigenvalue weighted by molar-refractivity contribution is 0.723. The van der Waals surface area contributed by atoms with Crippen molar-refractivity contribution in [3.8, 4) is 0 Å². The van der Waals surface area contributed by atoms with Crippen LogP contribution in [0.5, 0.6) is 0 Å². The van der Waals surface area contributed by atoms with Gasteiger partial charge in [0.1, 0.15) is 5.82 Å². The number of rotatable bonds is 0. The summed E-state index contributed by atoms with van der Waals surface area (Å²) in [6, 6.07) is 0. The molecule has 70 valence electrons. The summed E-state index contributed by atoms with van der Waals surface area (Å²) in [6.45, 7) is 0.823. The van der Waals surface area contributed by atoms with Gasteiger partial charge in [-0.1, -0.05) is 0 Å². The Labute approximate surface area is 74.4 Å². The minimum atomic E-state index is -0.363. The van der Waals surface area contributed by atoms with Crippen molar-refractivity contribution in [2.75, 3.05) is 11.9 Å². The molecule has 1 aromatic rings. The van der Waals surface area contributed by atoms with Crippen molar-refractivity contribution in [1.82, 2.24) is 9.55 Å². The molecule has 0 spiro atoms. The van der Waals surface area contributed by atoms with Gasteiger partial charge in [-0.3, -0.25) is 14.3 Å². The molecule has 0 aromatic carbocycles. The summed E-state index contributed by atoms with van der Waals surface area (Å²) in [7, 11) is 1.65. The third-order valence-electron chi connectivity index (χ3n) is 2.32. The topological polar surface area (TPSA) is 66.9 Å². The highest BCUT2D eigenvalue weighted by Gasteiger charge is 2.15. The summed E-state index contributed by atoms with van der Waals surface area (Å²) in [4.78, 5) is 24.8. The first-order chi connectivity index (χ1) is 6.20. The van der Waals surface area contributed by atoms with E-state index in [9.17, 15) is 9.59 Å². The maximum atomic E-state index is 11.3.